The van der Waals surface area contributed by atoms with E-state index in [1.807, 2.05) is 42.9 Å². The van der Waals surface area contributed by atoms with Crippen LogP contribution in [0.4, 0.5) is 0 Å². The molecule has 0 radical (unpaired) electrons. The van der Waals surface area contributed by atoms with Crippen LogP contribution in [0.5, 0.6) is 0 Å². The average Bonchev–Trinajstić information content (AvgIpc) is 3.34. The van der Waals surface area contributed by atoms with Crippen LogP contribution in [0.15, 0.2) is 67.3 Å². The normalized spacial score (nSPS) is 19.0. The highest BCUT2D eigenvalue weighted by molar-refractivity contribution is 7.80. The number of nitrogens with zero attached hydrogens (tertiary/aromatic N) is 5. The average molecular weight is 407 g/mol. The minimum Gasteiger partial charge on any atom is -0.352 e. The lowest BCUT2D eigenvalue weighted by Gasteiger charge is -2.29. The zero-order valence-electron chi connectivity index (χ0n) is 16.8. The van der Waals surface area contributed by atoms with E-state index in [-0.39, 0.29) is 12.1 Å². The molecule has 1 saturated heterocycles. The van der Waals surface area contributed by atoms with Crippen LogP contribution in [0.2, 0.25) is 0 Å². The van der Waals surface area contributed by atoms with Gasteiger partial charge in [-0.2, -0.15) is 0 Å². The van der Waals surface area contributed by atoms with Gasteiger partial charge in [-0.3, -0.25) is 9.97 Å². The molecule has 1 fully saturated rings. The zero-order chi connectivity index (χ0) is 20.2. The fraction of sp³-hybridized carbons (Fsp3) is 0.318. The van der Waals surface area contributed by atoms with Gasteiger partial charge in [0.05, 0.1) is 17.8 Å². The minimum atomic E-state index is -0.00135. The smallest absolute Gasteiger partial charge is 0.170 e. The summed E-state index contributed by atoms with van der Waals surface area (Å²) in [5.41, 5.74) is 3.27. The van der Waals surface area contributed by atoms with Gasteiger partial charge >= 0.3 is 0 Å². The highest BCUT2D eigenvalue weighted by Crippen LogP contribution is 2.39. The molecule has 2 atom stereocenters. The first-order chi connectivity index (χ1) is 14.1. The Bertz CT molecular complexity index is 940. The molecule has 1 aliphatic rings. The molecule has 4 rings (SSSR count). The van der Waals surface area contributed by atoms with Gasteiger partial charge in [-0.1, -0.05) is 6.07 Å². The molecular formula is C22H26N6S. The van der Waals surface area contributed by atoms with Gasteiger partial charge < -0.3 is 19.7 Å². The molecule has 1 aliphatic heterocycles. The Balaban J connectivity index is 1.72. The molecule has 0 saturated carbocycles. The van der Waals surface area contributed by atoms with Crippen LogP contribution in [0.3, 0.4) is 0 Å². The van der Waals surface area contributed by atoms with Gasteiger partial charge in [-0.05, 0) is 75.7 Å². The molecule has 0 aromatic carbocycles. The Hall–Kier alpha value is -2.77. The largest absolute Gasteiger partial charge is 0.352 e. The summed E-state index contributed by atoms with van der Waals surface area (Å²) in [5.74, 6) is 0. The van der Waals surface area contributed by atoms with Gasteiger partial charge in [-0.15, -0.1) is 0 Å². The molecule has 3 aromatic heterocycles. The summed E-state index contributed by atoms with van der Waals surface area (Å²) in [5, 5.41) is 4.32. The van der Waals surface area contributed by atoms with Crippen LogP contribution in [-0.4, -0.2) is 56.6 Å². The van der Waals surface area contributed by atoms with Crippen LogP contribution >= 0.6 is 12.2 Å². The second kappa shape index (κ2) is 8.71. The van der Waals surface area contributed by atoms with Crippen molar-refractivity contribution in [1.82, 2.24) is 29.7 Å². The van der Waals surface area contributed by atoms with Crippen LogP contribution in [-0.2, 0) is 0 Å². The number of pyridine rings is 2. The second-order valence-electron chi connectivity index (χ2n) is 7.49. The summed E-state index contributed by atoms with van der Waals surface area (Å²) in [7, 11) is 4.20. The summed E-state index contributed by atoms with van der Waals surface area (Å²) in [4.78, 5) is 13.3. The molecular weight excluding hydrogens is 380 g/mol. The van der Waals surface area contributed by atoms with E-state index in [2.05, 4.69) is 68.1 Å². The van der Waals surface area contributed by atoms with E-state index in [0.29, 0.717) is 0 Å². The van der Waals surface area contributed by atoms with Crippen molar-refractivity contribution in [3.05, 3.63) is 78.6 Å². The first-order valence-electron chi connectivity index (χ1n) is 9.85. The summed E-state index contributed by atoms with van der Waals surface area (Å²) in [6.07, 6.45) is 8.62. The third-order valence-electron chi connectivity index (χ3n) is 5.23. The lowest BCUT2D eigenvalue weighted by Crippen LogP contribution is -2.32. The topological polar surface area (TPSA) is 49.2 Å². The highest BCUT2D eigenvalue weighted by Gasteiger charge is 2.40. The van der Waals surface area contributed by atoms with Crippen molar-refractivity contribution in [2.75, 3.05) is 27.2 Å². The van der Waals surface area contributed by atoms with E-state index in [1.54, 1.807) is 0 Å². The van der Waals surface area contributed by atoms with Crippen LogP contribution < -0.4 is 5.32 Å². The van der Waals surface area contributed by atoms with Gasteiger partial charge in [0.15, 0.2) is 5.11 Å². The minimum absolute atomic E-state index is 0.00135. The van der Waals surface area contributed by atoms with Crippen molar-refractivity contribution in [3.63, 3.8) is 0 Å². The van der Waals surface area contributed by atoms with Gasteiger partial charge in [0.2, 0.25) is 0 Å². The molecule has 0 amide bonds. The van der Waals surface area contributed by atoms with Crippen molar-refractivity contribution in [3.8, 4) is 5.69 Å². The number of rotatable bonds is 7. The van der Waals surface area contributed by atoms with Crippen molar-refractivity contribution in [2.45, 2.75) is 18.5 Å². The van der Waals surface area contributed by atoms with Crippen LogP contribution in [0, 0.1) is 0 Å². The Morgan fingerprint density at radius 3 is 2.62 bits per heavy atom. The molecule has 150 valence electrons. The van der Waals surface area contributed by atoms with Gasteiger partial charge in [0.1, 0.15) is 0 Å². The predicted molar refractivity (Wildman–Crippen MR) is 119 cm³/mol. The van der Waals surface area contributed by atoms with E-state index in [9.17, 15) is 0 Å². The first kappa shape index (κ1) is 19.5. The van der Waals surface area contributed by atoms with E-state index in [1.165, 1.54) is 5.69 Å². The maximum Gasteiger partial charge on any atom is 0.170 e. The zero-order valence-corrected chi connectivity index (χ0v) is 17.6. The van der Waals surface area contributed by atoms with Crippen molar-refractivity contribution >= 4 is 17.3 Å². The maximum atomic E-state index is 5.76. The fourth-order valence-electron chi connectivity index (χ4n) is 3.90. The molecule has 3 aromatic rings. The fourth-order valence-corrected chi connectivity index (χ4v) is 4.23. The summed E-state index contributed by atoms with van der Waals surface area (Å²) < 4.78 is 2.22. The van der Waals surface area contributed by atoms with Gasteiger partial charge in [0.25, 0.3) is 0 Å². The number of thiocarbonyl (C=S) groups is 1. The van der Waals surface area contributed by atoms with Crippen molar-refractivity contribution in [2.24, 2.45) is 0 Å². The number of nitrogens with one attached hydrogen (secondary N) is 1. The Labute approximate surface area is 177 Å². The number of aromatic nitrogens is 3. The van der Waals surface area contributed by atoms with E-state index in [0.717, 1.165) is 36.0 Å². The van der Waals surface area contributed by atoms with Crippen LogP contribution in [0.1, 0.15) is 29.9 Å². The number of hydrogen-bond donors (Lipinski definition) is 1. The number of hydrogen-bond acceptors (Lipinski definition) is 4. The SMILES string of the molecule is CN(C)CCCN1C(=S)N[C@@H](c2ccccn2)[C@@H]1c1cccn1-c1ccncc1. The Morgan fingerprint density at radius 2 is 1.90 bits per heavy atom. The molecule has 29 heavy (non-hydrogen) atoms. The monoisotopic (exact) mass is 406 g/mol. The Morgan fingerprint density at radius 1 is 1.07 bits per heavy atom. The molecule has 4 heterocycles. The molecule has 0 aliphatic carbocycles. The van der Waals surface area contributed by atoms with Crippen molar-refractivity contribution < 1.29 is 0 Å². The molecule has 0 unspecified atom stereocenters. The lowest BCUT2D eigenvalue weighted by atomic mass is 10.0. The molecule has 0 bridgehead atoms. The molecule has 0 spiro atoms. The van der Waals surface area contributed by atoms with E-state index < -0.39 is 0 Å². The third kappa shape index (κ3) is 4.16. The summed E-state index contributed by atoms with van der Waals surface area (Å²) >= 11 is 5.76. The van der Waals surface area contributed by atoms with Crippen LogP contribution in [0.25, 0.3) is 5.69 Å². The third-order valence-corrected chi connectivity index (χ3v) is 5.58. The summed E-state index contributed by atoms with van der Waals surface area (Å²) in [6, 6.07) is 14.4. The quantitative estimate of drug-likeness (QED) is 0.608. The molecule has 1 N–H and O–H groups in total. The highest BCUT2D eigenvalue weighted by atomic mass is 32.1. The van der Waals surface area contributed by atoms with Gasteiger partial charge in [-0.25, -0.2) is 0 Å². The van der Waals surface area contributed by atoms with Gasteiger partial charge in [0, 0.05) is 42.7 Å². The predicted octanol–water partition coefficient (Wildman–Crippen LogP) is 3.19. The molecule has 6 nitrogen and oxygen atoms in total. The Kier molecular flexibility index (Phi) is 5.87. The summed E-state index contributed by atoms with van der Waals surface area (Å²) in [6.45, 7) is 1.91. The standard InChI is InChI=1S/C22H26N6S/c1-26(2)14-6-16-28-21(20(25-22(28)29)18-7-3-4-11-24-18)19-8-5-15-27(19)17-9-12-23-13-10-17/h3-5,7-13,15,20-21H,6,14,16H2,1-2H3,(H,25,29)/t20-,21-/m0/s1. The maximum absolute atomic E-state index is 5.76. The first-order valence-corrected chi connectivity index (χ1v) is 10.3. The molecule has 7 heteroatoms. The van der Waals surface area contributed by atoms with Crippen molar-refractivity contribution in [1.29, 1.82) is 0 Å². The van der Waals surface area contributed by atoms with E-state index in [4.69, 9.17) is 12.2 Å². The lowest BCUT2D eigenvalue weighted by molar-refractivity contribution is 0.286. The second-order valence-corrected chi connectivity index (χ2v) is 7.87. The van der Waals surface area contributed by atoms with E-state index >= 15 is 0 Å².